The van der Waals surface area contributed by atoms with Gasteiger partial charge in [0.15, 0.2) is 0 Å². The van der Waals surface area contributed by atoms with Crippen molar-refractivity contribution in [2.45, 2.75) is 19.1 Å². The average Bonchev–Trinajstić information content (AvgIpc) is 2.46. The van der Waals surface area contributed by atoms with Gasteiger partial charge >= 0.3 is 0 Å². The Balaban J connectivity index is 2.32. The van der Waals surface area contributed by atoms with Crippen LogP contribution in [0, 0.1) is 0 Å². The van der Waals surface area contributed by atoms with Crippen LogP contribution in [0.1, 0.15) is 18.5 Å². The van der Waals surface area contributed by atoms with Gasteiger partial charge in [-0.2, -0.15) is 0 Å². The molecular formula is C14H21BrN2O2. The van der Waals surface area contributed by atoms with Crippen LogP contribution in [0.5, 0.6) is 5.75 Å². The molecule has 1 fully saturated rings. The summed E-state index contributed by atoms with van der Waals surface area (Å²) in [4.78, 5) is 2.41. The van der Waals surface area contributed by atoms with Crippen LogP contribution in [0.15, 0.2) is 22.7 Å². The SMILES string of the molecule is CCN1CCOC(CN)C1c1ccc(OC)c(Br)c1. The minimum atomic E-state index is 0.0500. The van der Waals surface area contributed by atoms with E-state index in [1.807, 2.05) is 6.07 Å². The molecule has 1 saturated heterocycles. The second kappa shape index (κ2) is 6.70. The molecule has 1 aliphatic heterocycles. The van der Waals surface area contributed by atoms with Crippen LogP contribution in [0.25, 0.3) is 0 Å². The van der Waals surface area contributed by atoms with Crippen LogP contribution in [0.3, 0.4) is 0 Å². The summed E-state index contributed by atoms with van der Waals surface area (Å²) in [6.07, 6.45) is 0.0500. The second-order valence-electron chi connectivity index (χ2n) is 4.61. The maximum atomic E-state index is 5.85. The molecule has 2 unspecified atom stereocenters. The monoisotopic (exact) mass is 328 g/mol. The van der Waals surface area contributed by atoms with Gasteiger partial charge in [0.2, 0.25) is 0 Å². The van der Waals surface area contributed by atoms with Crippen LogP contribution in [0.2, 0.25) is 0 Å². The molecule has 0 spiro atoms. The highest BCUT2D eigenvalue weighted by molar-refractivity contribution is 9.10. The summed E-state index contributed by atoms with van der Waals surface area (Å²) in [7, 11) is 1.67. The lowest BCUT2D eigenvalue weighted by atomic mass is 9.98. The molecule has 5 heteroatoms. The Labute approximate surface area is 123 Å². The highest BCUT2D eigenvalue weighted by Gasteiger charge is 2.32. The van der Waals surface area contributed by atoms with E-state index in [1.165, 1.54) is 5.56 Å². The maximum Gasteiger partial charge on any atom is 0.133 e. The lowest BCUT2D eigenvalue weighted by Gasteiger charge is -2.40. The summed E-state index contributed by atoms with van der Waals surface area (Å²) < 4.78 is 12.0. The third kappa shape index (κ3) is 3.11. The molecule has 0 aromatic heterocycles. The number of ether oxygens (including phenoxy) is 2. The van der Waals surface area contributed by atoms with Crippen molar-refractivity contribution in [3.8, 4) is 5.75 Å². The van der Waals surface area contributed by atoms with E-state index in [-0.39, 0.29) is 12.1 Å². The third-order valence-electron chi connectivity index (χ3n) is 3.61. The fourth-order valence-corrected chi connectivity index (χ4v) is 3.19. The van der Waals surface area contributed by atoms with E-state index < -0.39 is 0 Å². The Morgan fingerprint density at radius 2 is 2.32 bits per heavy atom. The molecule has 1 aromatic carbocycles. The Hall–Kier alpha value is -0.620. The standard InChI is InChI=1S/C14H21BrN2O2/c1-3-17-6-7-19-13(9-16)14(17)10-4-5-12(18-2)11(15)8-10/h4-5,8,13-14H,3,6-7,9,16H2,1-2H3. The Kier molecular flexibility index (Phi) is 5.21. The molecule has 0 bridgehead atoms. The van der Waals surface area contributed by atoms with Gasteiger partial charge in [0.1, 0.15) is 5.75 Å². The fraction of sp³-hybridized carbons (Fsp3) is 0.571. The van der Waals surface area contributed by atoms with Gasteiger partial charge in [0.05, 0.1) is 30.3 Å². The molecule has 0 amide bonds. The molecule has 0 aliphatic carbocycles. The summed E-state index contributed by atoms with van der Waals surface area (Å²) in [6, 6.07) is 6.39. The van der Waals surface area contributed by atoms with E-state index >= 15 is 0 Å². The number of benzene rings is 1. The molecule has 106 valence electrons. The number of halogens is 1. The summed E-state index contributed by atoms with van der Waals surface area (Å²) in [6.45, 7) is 5.40. The number of hydrogen-bond donors (Lipinski definition) is 1. The van der Waals surface area contributed by atoms with Crippen molar-refractivity contribution >= 4 is 15.9 Å². The van der Waals surface area contributed by atoms with Crippen molar-refractivity contribution < 1.29 is 9.47 Å². The number of nitrogens with two attached hydrogens (primary N) is 1. The molecule has 2 atom stereocenters. The average molecular weight is 329 g/mol. The van der Waals surface area contributed by atoms with E-state index in [0.29, 0.717) is 6.54 Å². The molecule has 1 aromatic rings. The topological polar surface area (TPSA) is 47.7 Å². The number of hydrogen-bond acceptors (Lipinski definition) is 4. The Morgan fingerprint density at radius 1 is 1.53 bits per heavy atom. The van der Waals surface area contributed by atoms with E-state index in [0.717, 1.165) is 29.9 Å². The minimum Gasteiger partial charge on any atom is -0.496 e. The molecule has 0 saturated carbocycles. The van der Waals surface area contributed by atoms with Crippen LogP contribution in [-0.2, 0) is 4.74 Å². The first-order valence-corrected chi connectivity index (χ1v) is 7.39. The molecule has 2 rings (SSSR count). The van der Waals surface area contributed by atoms with Crippen LogP contribution < -0.4 is 10.5 Å². The van der Waals surface area contributed by atoms with Gasteiger partial charge in [-0.3, -0.25) is 4.90 Å². The van der Waals surface area contributed by atoms with Gasteiger partial charge in [-0.25, -0.2) is 0 Å². The zero-order valence-electron chi connectivity index (χ0n) is 11.4. The highest BCUT2D eigenvalue weighted by atomic mass is 79.9. The minimum absolute atomic E-state index is 0.0500. The van der Waals surface area contributed by atoms with E-state index in [2.05, 4.69) is 39.9 Å². The quantitative estimate of drug-likeness (QED) is 0.920. The third-order valence-corrected chi connectivity index (χ3v) is 4.23. The summed E-state index contributed by atoms with van der Waals surface area (Å²) in [5.41, 5.74) is 7.07. The fourth-order valence-electron chi connectivity index (χ4n) is 2.63. The summed E-state index contributed by atoms with van der Waals surface area (Å²) >= 11 is 3.54. The lowest BCUT2D eigenvalue weighted by molar-refractivity contribution is -0.0658. The van der Waals surface area contributed by atoms with Gasteiger partial charge in [-0.05, 0) is 40.2 Å². The Morgan fingerprint density at radius 3 is 2.89 bits per heavy atom. The largest absolute Gasteiger partial charge is 0.496 e. The van der Waals surface area contributed by atoms with Gasteiger partial charge in [-0.15, -0.1) is 0 Å². The summed E-state index contributed by atoms with van der Waals surface area (Å²) in [5, 5.41) is 0. The van der Waals surface area contributed by atoms with Crippen molar-refractivity contribution in [3.63, 3.8) is 0 Å². The predicted octanol–water partition coefficient (Wildman–Crippen LogP) is 2.18. The molecule has 1 heterocycles. The predicted molar refractivity (Wildman–Crippen MR) is 79.5 cm³/mol. The van der Waals surface area contributed by atoms with E-state index in [1.54, 1.807) is 7.11 Å². The molecule has 0 radical (unpaired) electrons. The van der Waals surface area contributed by atoms with Crippen molar-refractivity contribution in [1.82, 2.24) is 4.90 Å². The van der Waals surface area contributed by atoms with Gasteiger partial charge < -0.3 is 15.2 Å². The molecule has 1 aliphatic rings. The number of methoxy groups -OCH3 is 1. The van der Waals surface area contributed by atoms with E-state index in [4.69, 9.17) is 15.2 Å². The molecule has 4 nitrogen and oxygen atoms in total. The van der Waals surface area contributed by atoms with Crippen molar-refractivity contribution in [1.29, 1.82) is 0 Å². The maximum absolute atomic E-state index is 5.85. The van der Waals surface area contributed by atoms with Crippen molar-refractivity contribution in [2.24, 2.45) is 5.73 Å². The Bertz CT molecular complexity index is 416. The van der Waals surface area contributed by atoms with Gasteiger partial charge in [0.25, 0.3) is 0 Å². The van der Waals surface area contributed by atoms with Crippen molar-refractivity contribution in [2.75, 3.05) is 33.4 Å². The zero-order chi connectivity index (χ0) is 13.8. The van der Waals surface area contributed by atoms with Crippen LogP contribution in [0.4, 0.5) is 0 Å². The summed E-state index contributed by atoms with van der Waals surface area (Å²) in [5.74, 6) is 0.841. The molecular weight excluding hydrogens is 308 g/mol. The lowest BCUT2D eigenvalue weighted by Crippen LogP contribution is -2.48. The van der Waals surface area contributed by atoms with Gasteiger partial charge in [0, 0.05) is 13.1 Å². The second-order valence-corrected chi connectivity index (χ2v) is 5.47. The van der Waals surface area contributed by atoms with Gasteiger partial charge in [-0.1, -0.05) is 13.0 Å². The number of rotatable bonds is 4. The van der Waals surface area contributed by atoms with Crippen LogP contribution >= 0.6 is 15.9 Å². The van der Waals surface area contributed by atoms with Crippen LogP contribution in [-0.4, -0.2) is 44.4 Å². The van der Waals surface area contributed by atoms with E-state index in [9.17, 15) is 0 Å². The first kappa shape index (κ1) is 14.8. The molecule has 19 heavy (non-hydrogen) atoms. The highest BCUT2D eigenvalue weighted by Crippen LogP contribution is 2.34. The first-order chi connectivity index (χ1) is 9.21. The smallest absolute Gasteiger partial charge is 0.133 e. The molecule has 2 N–H and O–H groups in total. The zero-order valence-corrected chi connectivity index (χ0v) is 13.0. The number of nitrogens with zero attached hydrogens (tertiary/aromatic N) is 1. The number of likely N-dealkylation sites (N-methyl/N-ethyl adjacent to an activating group) is 1. The first-order valence-electron chi connectivity index (χ1n) is 6.60. The van der Waals surface area contributed by atoms with Crippen molar-refractivity contribution in [3.05, 3.63) is 28.2 Å². The number of morpholine rings is 1. The normalized spacial score (nSPS) is 24.4.